The molecule has 0 atom stereocenters. The molecular weight excluding hydrogens is 280 g/mol. The molecule has 0 aliphatic heterocycles. The number of aromatic hydroxyl groups is 1. The quantitative estimate of drug-likeness (QED) is 0.726. The second-order valence-corrected chi connectivity index (χ2v) is 5.16. The fourth-order valence-electron chi connectivity index (χ4n) is 2.49. The number of hydrogen-bond acceptors (Lipinski definition) is 4. The Kier molecular flexibility index (Phi) is 3.94. The summed E-state index contributed by atoms with van der Waals surface area (Å²) in [5, 5.41) is 19.6. The first-order valence-electron chi connectivity index (χ1n) is 7.15. The maximum Gasteiger partial charge on any atom is 0.344 e. The Balaban J connectivity index is 2.15. The molecule has 0 amide bonds. The minimum atomic E-state index is -0.429. The number of aliphatic hydroxyl groups excluding tert-OH is 1. The highest BCUT2D eigenvalue weighted by molar-refractivity contribution is 5.83. The van der Waals surface area contributed by atoms with Gasteiger partial charge in [0, 0.05) is 18.1 Å². The van der Waals surface area contributed by atoms with Gasteiger partial charge >= 0.3 is 5.63 Å². The van der Waals surface area contributed by atoms with Crippen LogP contribution in [0.1, 0.15) is 12.0 Å². The van der Waals surface area contributed by atoms with Gasteiger partial charge in [-0.05, 0) is 36.1 Å². The summed E-state index contributed by atoms with van der Waals surface area (Å²) in [6, 6.07) is 14.4. The van der Waals surface area contributed by atoms with Gasteiger partial charge in [0.2, 0.25) is 0 Å². The zero-order chi connectivity index (χ0) is 15.5. The van der Waals surface area contributed by atoms with Gasteiger partial charge in [-0.3, -0.25) is 0 Å². The SMILES string of the molecule is O=c1oc2cc(O)c(CCCO)cc2cc1-c1ccccc1. The fraction of sp³-hybridized carbons (Fsp3) is 0.167. The van der Waals surface area contributed by atoms with Gasteiger partial charge in [0.1, 0.15) is 11.3 Å². The Morgan fingerprint density at radius 2 is 1.82 bits per heavy atom. The van der Waals surface area contributed by atoms with E-state index < -0.39 is 5.63 Å². The number of aryl methyl sites for hydroxylation is 1. The monoisotopic (exact) mass is 296 g/mol. The number of aliphatic hydroxyl groups is 1. The van der Waals surface area contributed by atoms with Crippen LogP contribution in [0.15, 0.2) is 57.7 Å². The first-order chi connectivity index (χ1) is 10.7. The normalized spacial score (nSPS) is 11.0. The van der Waals surface area contributed by atoms with Crippen molar-refractivity contribution in [1.82, 2.24) is 0 Å². The smallest absolute Gasteiger partial charge is 0.344 e. The standard InChI is InChI=1S/C18H16O4/c19-8-4-7-13-9-14-10-15(12-5-2-1-3-6-12)18(21)22-17(14)11-16(13)20/h1-3,5-6,9-11,19-20H,4,7-8H2. The summed E-state index contributed by atoms with van der Waals surface area (Å²) >= 11 is 0. The first-order valence-corrected chi connectivity index (χ1v) is 7.15. The van der Waals surface area contributed by atoms with Crippen LogP contribution in [0.2, 0.25) is 0 Å². The molecular formula is C18H16O4. The van der Waals surface area contributed by atoms with Gasteiger partial charge < -0.3 is 14.6 Å². The summed E-state index contributed by atoms with van der Waals surface area (Å²) in [6.07, 6.45) is 1.14. The van der Waals surface area contributed by atoms with Gasteiger partial charge in [-0.2, -0.15) is 0 Å². The predicted octanol–water partition coefficient (Wildman–Crippen LogP) is 3.09. The van der Waals surface area contributed by atoms with E-state index in [2.05, 4.69) is 0 Å². The number of phenolic OH excluding ortho intramolecular Hbond substituents is 1. The van der Waals surface area contributed by atoms with Crippen LogP contribution in [0.25, 0.3) is 22.1 Å². The van der Waals surface area contributed by atoms with Crippen LogP contribution in [0.4, 0.5) is 0 Å². The minimum absolute atomic E-state index is 0.0661. The predicted molar refractivity (Wildman–Crippen MR) is 85.0 cm³/mol. The molecule has 1 aromatic heterocycles. The van der Waals surface area contributed by atoms with E-state index in [1.165, 1.54) is 6.07 Å². The molecule has 3 rings (SSSR count). The van der Waals surface area contributed by atoms with Gasteiger partial charge in [0.15, 0.2) is 0 Å². The van der Waals surface area contributed by atoms with Gasteiger partial charge in [-0.25, -0.2) is 4.79 Å². The van der Waals surface area contributed by atoms with Crippen molar-refractivity contribution in [1.29, 1.82) is 0 Å². The van der Waals surface area contributed by atoms with Crippen molar-refractivity contribution < 1.29 is 14.6 Å². The Bertz CT molecular complexity index is 850. The second-order valence-electron chi connectivity index (χ2n) is 5.16. The molecule has 1 heterocycles. The fourth-order valence-corrected chi connectivity index (χ4v) is 2.49. The van der Waals surface area contributed by atoms with E-state index in [0.717, 1.165) is 16.5 Å². The van der Waals surface area contributed by atoms with Crippen molar-refractivity contribution in [3.8, 4) is 16.9 Å². The van der Waals surface area contributed by atoms with E-state index in [1.54, 1.807) is 12.1 Å². The molecule has 0 fully saturated rings. The number of hydrogen-bond donors (Lipinski definition) is 2. The molecule has 22 heavy (non-hydrogen) atoms. The molecule has 0 spiro atoms. The van der Waals surface area contributed by atoms with Crippen LogP contribution in [0.5, 0.6) is 5.75 Å². The maximum absolute atomic E-state index is 12.1. The number of phenols is 1. The van der Waals surface area contributed by atoms with E-state index >= 15 is 0 Å². The number of rotatable bonds is 4. The van der Waals surface area contributed by atoms with E-state index in [-0.39, 0.29) is 12.4 Å². The topological polar surface area (TPSA) is 70.7 Å². The lowest BCUT2D eigenvalue weighted by Gasteiger charge is -2.07. The second kappa shape index (κ2) is 6.03. The highest BCUT2D eigenvalue weighted by Gasteiger charge is 2.10. The van der Waals surface area contributed by atoms with Gasteiger partial charge in [0.05, 0.1) is 5.56 Å². The maximum atomic E-state index is 12.1. The van der Waals surface area contributed by atoms with Crippen molar-refractivity contribution in [2.24, 2.45) is 0 Å². The molecule has 0 aliphatic carbocycles. The molecule has 2 N–H and O–H groups in total. The van der Waals surface area contributed by atoms with E-state index in [4.69, 9.17) is 9.52 Å². The van der Waals surface area contributed by atoms with Crippen LogP contribution >= 0.6 is 0 Å². The summed E-state index contributed by atoms with van der Waals surface area (Å²) in [5.74, 6) is 0.0801. The molecule has 4 heteroatoms. The molecule has 0 aliphatic rings. The third kappa shape index (κ3) is 2.73. The summed E-state index contributed by atoms with van der Waals surface area (Å²) in [7, 11) is 0. The van der Waals surface area contributed by atoms with Crippen molar-refractivity contribution in [2.75, 3.05) is 6.61 Å². The summed E-state index contributed by atoms with van der Waals surface area (Å²) < 4.78 is 5.32. The lowest BCUT2D eigenvalue weighted by molar-refractivity contribution is 0.288. The Morgan fingerprint density at radius 3 is 2.55 bits per heavy atom. The summed E-state index contributed by atoms with van der Waals surface area (Å²) in [6.45, 7) is 0.0661. The molecule has 112 valence electrons. The third-order valence-corrected chi connectivity index (χ3v) is 3.62. The van der Waals surface area contributed by atoms with E-state index in [0.29, 0.717) is 24.0 Å². The van der Waals surface area contributed by atoms with Crippen LogP contribution in [0, 0.1) is 0 Å². The lowest BCUT2D eigenvalue weighted by Crippen LogP contribution is -2.03. The first kappa shape index (κ1) is 14.4. The largest absolute Gasteiger partial charge is 0.508 e. The highest BCUT2D eigenvalue weighted by Crippen LogP contribution is 2.28. The highest BCUT2D eigenvalue weighted by atomic mass is 16.4. The van der Waals surface area contributed by atoms with Crippen molar-refractivity contribution >= 4 is 11.0 Å². The zero-order valence-electron chi connectivity index (χ0n) is 12.0. The van der Waals surface area contributed by atoms with Gasteiger partial charge in [0.25, 0.3) is 0 Å². The Morgan fingerprint density at radius 1 is 1.05 bits per heavy atom. The third-order valence-electron chi connectivity index (χ3n) is 3.62. The summed E-state index contributed by atoms with van der Waals surface area (Å²) in [4.78, 5) is 12.1. The molecule has 0 saturated carbocycles. The average molecular weight is 296 g/mol. The van der Waals surface area contributed by atoms with E-state index in [9.17, 15) is 9.90 Å². The average Bonchev–Trinajstić information content (AvgIpc) is 2.53. The molecule has 4 nitrogen and oxygen atoms in total. The van der Waals surface area contributed by atoms with Crippen LogP contribution in [-0.4, -0.2) is 16.8 Å². The van der Waals surface area contributed by atoms with Crippen molar-refractivity contribution in [2.45, 2.75) is 12.8 Å². The number of fused-ring (bicyclic) bond motifs is 1. The Hall–Kier alpha value is -2.59. The van der Waals surface area contributed by atoms with Gasteiger partial charge in [-0.1, -0.05) is 30.3 Å². The molecule has 0 bridgehead atoms. The molecule has 0 saturated heterocycles. The molecule has 0 radical (unpaired) electrons. The number of benzene rings is 2. The molecule has 2 aromatic carbocycles. The minimum Gasteiger partial charge on any atom is -0.508 e. The van der Waals surface area contributed by atoms with Crippen LogP contribution in [0.3, 0.4) is 0 Å². The van der Waals surface area contributed by atoms with Crippen molar-refractivity contribution in [3.05, 3.63) is 64.5 Å². The van der Waals surface area contributed by atoms with E-state index in [1.807, 2.05) is 30.3 Å². The summed E-state index contributed by atoms with van der Waals surface area (Å²) in [5.41, 5.74) is 1.94. The Labute approximate surface area is 127 Å². The molecule has 3 aromatic rings. The van der Waals surface area contributed by atoms with Crippen molar-refractivity contribution in [3.63, 3.8) is 0 Å². The molecule has 0 unspecified atom stereocenters. The van der Waals surface area contributed by atoms with Gasteiger partial charge in [-0.15, -0.1) is 0 Å². The zero-order valence-corrected chi connectivity index (χ0v) is 12.0. The lowest BCUT2D eigenvalue weighted by atomic mass is 10.0. The van der Waals surface area contributed by atoms with Crippen LogP contribution in [-0.2, 0) is 6.42 Å². The van der Waals surface area contributed by atoms with Crippen LogP contribution < -0.4 is 5.63 Å².